The second-order valence-corrected chi connectivity index (χ2v) is 6.39. The Balaban J connectivity index is 1.87. The predicted molar refractivity (Wildman–Crippen MR) is 85.1 cm³/mol. The zero-order valence-corrected chi connectivity index (χ0v) is 13.0. The van der Waals surface area contributed by atoms with Crippen molar-refractivity contribution in [1.29, 1.82) is 0 Å². The minimum absolute atomic E-state index is 0.197. The van der Waals surface area contributed by atoms with Crippen molar-refractivity contribution in [3.05, 3.63) is 23.9 Å². The van der Waals surface area contributed by atoms with Crippen molar-refractivity contribution in [3.8, 4) is 0 Å². The molecule has 1 atom stereocenters. The Morgan fingerprint density at radius 1 is 1.15 bits per heavy atom. The first-order valence-electron chi connectivity index (χ1n) is 7.72. The number of nitrogens with two attached hydrogens (primary N) is 1. The van der Waals surface area contributed by atoms with Gasteiger partial charge in [-0.1, -0.05) is 19.9 Å². The maximum absolute atomic E-state index is 5.82. The molecular formula is C16H28N4. The highest BCUT2D eigenvalue weighted by atomic mass is 15.3. The molecule has 1 unspecified atom stereocenters. The zero-order chi connectivity index (χ0) is 14.5. The summed E-state index contributed by atoms with van der Waals surface area (Å²) in [5.74, 6) is 1.85. The van der Waals surface area contributed by atoms with Crippen LogP contribution in [0.5, 0.6) is 0 Å². The van der Waals surface area contributed by atoms with Crippen molar-refractivity contribution >= 4 is 5.82 Å². The van der Waals surface area contributed by atoms with Crippen LogP contribution in [-0.4, -0.2) is 48.6 Å². The average Bonchev–Trinajstić information content (AvgIpc) is 2.39. The normalized spacial score (nSPS) is 18.6. The van der Waals surface area contributed by atoms with Crippen LogP contribution in [0, 0.1) is 5.92 Å². The van der Waals surface area contributed by atoms with Gasteiger partial charge < -0.3 is 10.6 Å². The molecule has 0 aromatic carbocycles. The number of pyridine rings is 1. The van der Waals surface area contributed by atoms with Gasteiger partial charge in [-0.25, -0.2) is 4.98 Å². The summed E-state index contributed by atoms with van der Waals surface area (Å²) in [6.07, 6.45) is 2.87. The van der Waals surface area contributed by atoms with E-state index in [1.807, 2.05) is 13.1 Å². The van der Waals surface area contributed by atoms with E-state index >= 15 is 0 Å². The van der Waals surface area contributed by atoms with Crippen LogP contribution in [0.2, 0.25) is 0 Å². The highest BCUT2D eigenvalue weighted by Crippen LogP contribution is 2.15. The van der Waals surface area contributed by atoms with Gasteiger partial charge in [-0.2, -0.15) is 0 Å². The first-order chi connectivity index (χ1) is 9.54. The predicted octanol–water partition coefficient (Wildman–Crippen LogP) is 1.75. The number of aromatic nitrogens is 1. The third kappa shape index (κ3) is 4.46. The fourth-order valence-corrected chi connectivity index (χ4v) is 2.77. The molecule has 112 valence electrons. The van der Waals surface area contributed by atoms with E-state index in [4.69, 9.17) is 5.73 Å². The van der Waals surface area contributed by atoms with E-state index in [9.17, 15) is 0 Å². The Labute approximate surface area is 123 Å². The van der Waals surface area contributed by atoms with E-state index in [1.165, 1.54) is 12.1 Å². The summed E-state index contributed by atoms with van der Waals surface area (Å²) < 4.78 is 0. The molecule has 0 radical (unpaired) electrons. The summed E-state index contributed by atoms with van der Waals surface area (Å²) in [5.41, 5.74) is 7.04. The lowest BCUT2D eigenvalue weighted by atomic mass is 10.1. The Hall–Kier alpha value is -1.13. The van der Waals surface area contributed by atoms with Crippen LogP contribution in [0.1, 0.15) is 26.3 Å². The van der Waals surface area contributed by atoms with Crippen molar-refractivity contribution in [3.63, 3.8) is 0 Å². The largest absolute Gasteiger partial charge is 0.354 e. The molecule has 0 bridgehead atoms. The molecule has 0 aliphatic carbocycles. The molecule has 0 amide bonds. The van der Waals surface area contributed by atoms with Crippen LogP contribution in [0.4, 0.5) is 5.82 Å². The van der Waals surface area contributed by atoms with E-state index in [0.29, 0.717) is 0 Å². The van der Waals surface area contributed by atoms with Crippen LogP contribution >= 0.6 is 0 Å². The Morgan fingerprint density at radius 3 is 2.35 bits per heavy atom. The van der Waals surface area contributed by atoms with Gasteiger partial charge in [0.05, 0.1) is 0 Å². The molecule has 20 heavy (non-hydrogen) atoms. The molecule has 2 rings (SSSR count). The monoisotopic (exact) mass is 276 g/mol. The smallest absolute Gasteiger partial charge is 0.128 e. The number of anilines is 1. The minimum Gasteiger partial charge on any atom is -0.354 e. The maximum atomic E-state index is 5.82. The van der Waals surface area contributed by atoms with Crippen molar-refractivity contribution in [1.82, 2.24) is 9.88 Å². The summed E-state index contributed by atoms with van der Waals surface area (Å²) in [7, 11) is 0. The second-order valence-electron chi connectivity index (χ2n) is 6.39. The summed E-state index contributed by atoms with van der Waals surface area (Å²) in [6.45, 7) is 12.2. The van der Waals surface area contributed by atoms with Crippen LogP contribution in [0.25, 0.3) is 0 Å². The highest BCUT2D eigenvalue weighted by molar-refractivity contribution is 5.40. The van der Waals surface area contributed by atoms with Gasteiger partial charge in [-0.05, 0) is 30.9 Å². The maximum Gasteiger partial charge on any atom is 0.128 e. The van der Waals surface area contributed by atoms with E-state index < -0.39 is 0 Å². The first-order valence-corrected chi connectivity index (χ1v) is 7.72. The molecule has 1 aliphatic rings. The molecule has 0 spiro atoms. The van der Waals surface area contributed by atoms with E-state index in [0.717, 1.165) is 44.3 Å². The Morgan fingerprint density at radius 2 is 1.85 bits per heavy atom. The van der Waals surface area contributed by atoms with Crippen molar-refractivity contribution in [2.45, 2.75) is 33.2 Å². The first kappa shape index (κ1) is 15.3. The lowest BCUT2D eigenvalue weighted by Crippen LogP contribution is -2.47. The van der Waals surface area contributed by atoms with Gasteiger partial charge in [0.2, 0.25) is 0 Å². The number of piperazine rings is 1. The van der Waals surface area contributed by atoms with Crippen LogP contribution in [0.15, 0.2) is 18.3 Å². The lowest BCUT2D eigenvalue weighted by molar-refractivity contribution is 0.231. The molecule has 1 aromatic rings. The Bertz CT molecular complexity index is 391. The molecule has 2 N–H and O–H groups in total. The van der Waals surface area contributed by atoms with Gasteiger partial charge in [-0.3, -0.25) is 4.90 Å². The number of hydrogen-bond acceptors (Lipinski definition) is 4. The van der Waals surface area contributed by atoms with Crippen molar-refractivity contribution in [2.24, 2.45) is 11.7 Å². The standard InChI is InChI=1S/C16H28N4/c1-13(2)12-19-6-8-20(9-7-19)16-5-4-15(11-18-16)10-14(3)17/h4-5,11,13-14H,6-10,12,17H2,1-3H3. The van der Waals surface area contributed by atoms with Gasteiger partial charge in [0.1, 0.15) is 5.82 Å². The molecule has 1 fully saturated rings. The van der Waals surface area contributed by atoms with Gasteiger partial charge in [0.25, 0.3) is 0 Å². The Kier molecular flexibility index (Phi) is 5.38. The summed E-state index contributed by atoms with van der Waals surface area (Å²) >= 11 is 0. The van der Waals surface area contributed by atoms with Gasteiger partial charge >= 0.3 is 0 Å². The minimum atomic E-state index is 0.197. The molecule has 0 saturated carbocycles. The van der Waals surface area contributed by atoms with Gasteiger partial charge in [0.15, 0.2) is 0 Å². The van der Waals surface area contributed by atoms with E-state index in [-0.39, 0.29) is 6.04 Å². The van der Waals surface area contributed by atoms with Crippen LogP contribution < -0.4 is 10.6 Å². The molecule has 4 nitrogen and oxygen atoms in total. The molecule has 1 saturated heterocycles. The summed E-state index contributed by atoms with van der Waals surface area (Å²) in [6, 6.07) is 4.49. The van der Waals surface area contributed by atoms with Crippen molar-refractivity contribution < 1.29 is 0 Å². The fourth-order valence-electron chi connectivity index (χ4n) is 2.77. The number of hydrogen-bond donors (Lipinski definition) is 1. The average molecular weight is 276 g/mol. The third-order valence-corrected chi connectivity index (χ3v) is 3.69. The lowest BCUT2D eigenvalue weighted by Gasteiger charge is -2.36. The zero-order valence-electron chi connectivity index (χ0n) is 13.0. The fraction of sp³-hybridized carbons (Fsp3) is 0.688. The van der Waals surface area contributed by atoms with Crippen LogP contribution in [-0.2, 0) is 6.42 Å². The topological polar surface area (TPSA) is 45.4 Å². The van der Waals surface area contributed by atoms with E-state index in [2.05, 4.69) is 40.8 Å². The quantitative estimate of drug-likeness (QED) is 0.890. The molecular weight excluding hydrogens is 248 g/mol. The van der Waals surface area contributed by atoms with Crippen LogP contribution in [0.3, 0.4) is 0 Å². The summed E-state index contributed by atoms with van der Waals surface area (Å²) in [4.78, 5) is 9.52. The highest BCUT2D eigenvalue weighted by Gasteiger charge is 2.18. The third-order valence-electron chi connectivity index (χ3n) is 3.69. The molecule has 2 heterocycles. The number of nitrogens with zero attached hydrogens (tertiary/aromatic N) is 3. The molecule has 4 heteroatoms. The SMILES string of the molecule is CC(C)CN1CCN(c2ccc(CC(C)N)cn2)CC1. The molecule has 1 aliphatic heterocycles. The van der Waals surface area contributed by atoms with E-state index in [1.54, 1.807) is 0 Å². The second kappa shape index (κ2) is 7.04. The summed E-state index contributed by atoms with van der Waals surface area (Å²) in [5, 5.41) is 0. The molecule has 1 aromatic heterocycles. The van der Waals surface area contributed by atoms with Crippen molar-refractivity contribution in [2.75, 3.05) is 37.6 Å². The number of rotatable bonds is 5. The van der Waals surface area contributed by atoms with Gasteiger partial charge in [0, 0.05) is 45.0 Å². The van der Waals surface area contributed by atoms with Gasteiger partial charge in [-0.15, -0.1) is 0 Å².